The second-order valence-electron chi connectivity index (χ2n) is 7.47. The monoisotopic (exact) mass is 480 g/mol. The minimum Gasteiger partial charge on any atom is -0.342 e. The maximum atomic E-state index is 12.6. The first-order valence-electron chi connectivity index (χ1n) is 10.5. The van der Waals surface area contributed by atoms with Crippen LogP contribution in [0.1, 0.15) is 41.6 Å². The minimum atomic E-state index is -0.337. The fraction of sp³-hybridized carbons (Fsp3) is 0.261. The highest BCUT2D eigenvalue weighted by Gasteiger charge is 2.20. The van der Waals surface area contributed by atoms with Gasteiger partial charge >= 0.3 is 0 Å². The van der Waals surface area contributed by atoms with Gasteiger partial charge in [-0.05, 0) is 45.0 Å². The second kappa shape index (κ2) is 10.1. The van der Waals surface area contributed by atoms with Gasteiger partial charge in [0, 0.05) is 12.1 Å². The highest BCUT2D eigenvalue weighted by Crippen LogP contribution is 2.26. The van der Waals surface area contributed by atoms with Gasteiger partial charge in [0.25, 0.3) is 5.91 Å². The Balaban J connectivity index is 1.38. The fourth-order valence-corrected chi connectivity index (χ4v) is 5.06. The van der Waals surface area contributed by atoms with Gasteiger partial charge in [-0.3, -0.25) is 9.59 Å². The molecule has 0 radical (unpaired) electrons. The average Bonchev–Trinajstić information content (AvgIpc) is 3.40. The smallest absolute Gasteiger partial charge is 0.251 e. The van der Waals surface area contributed by atoms with E-state index in [2.05, 4.69) is 25.8 Å². The van der Waals surface area contributed by atoms with E-state index >= 15 is 0 Å². The molecule has 2 heterocycles. The number of aryl methyl sites for hydroxylation is 1. The van der Waals surface area contributed by atoms with Gasteiger partial charge in [0.15, 0.2) is 16.1 Å². The van der Waals surface area contributed by atoms with Crippen LogP contribution in [-0.4, -0.2) is 37.3 Å². The molecule has 10 heteroatoms. The van der Waals surface area contributed by atoms with Crippen molar-refractivity contribution in [3.63, 3.8) is 0 Å². The van der Waals surface area contributed by atoms with E-state index < -0.39 is 0 Å². The average molecular weight is 481 g/mol. The number of rotatable bonds is 8. The van der Waals surface area contributed by atoms with E-state index in [-0.39, 0.29) is 23.6 Å². The third-order valence-corrected chi connectivity index (χ3v) is 6.87. The number of carbonyl (C=O) groups excluding carboxylic acids is 2. The number of aromatic nitrogens is 4. The first-order chi connectivity index (χ1) is 15.9. The number of benzene rings is 2. The lowest BCUT2D eigenvalue weighted by molar-refractivity contribution is -0.113. The van der Waals surface area contributed by atoms with Crippen LogP contribution in [0.25, 0.3) is 10.2 Å². The van der Waals surface area contributed by atoms with Crippen molar-refractivity contribution < 1.29 is 9.59 Å². The third-order valence-electron chi connectivity index (χ3n) is 4.95. The van der Waals surface area contributed by atoms with Gasteiger partial charge in [-0.15, -0.1) is 10.2 Å². The van der Waals surface area contributed by atoms with Crippen LogP contribution in [0.5, 0.6) is 0 Å². The topological polar surface area (TPSA) is 102 Å². The lowest BCUT2D eigenvalue weighted by atomic mass is 10.1. The fourth-order valence-electron chi connectivity index (χ4n) is 3.37. The van der Waals surface area contributed by atoms with Crippen molar-refractivity contribution in [1.29, 1.82) is 0 Å². The number of hydrogen-bond acceptors (Lipinski definition) is 7. The van der Waals surface area contributed by atoms with Gasteiger partial charge in [0.2, 0.25) is 5.91 Å². The van der Waals surface area contributed by atoms with Crippen molar-refractivity contribution in [3.05, 3.63) is 65.5 Å². The summed E-state index contributed by atoms with van der Waals surface area (Å²) in [5, 5.41) is 15.6. The number of nitrogens with one attached hydrogen (secondary N) is 2. The first kappa shape index (κ1) is 22.9. The molecule has 0 saturated carbocycles. The van der Waals surface area contributed by atoms with E-state index in [0.29, 0.717) is 28.2 Å². The molecule has 0 aliphatic heterocycles. The molecule has 4 aromatic rings. The van der Waals surface area contributed by atoms with Gasteiger partial charge in [-0.2, -0.15) is 0 Å². The number of amides is 2. The summed E-state index contributed by atoms with van der Waals surface area (Å²) in [7, 11) is 0. The summed E-state index contributed by atoms with van der Waals surface area (Å²) in [5.74, 6) is 0.499. The Hall–Kier alpha value is -3.24. The van der Waals surface area contributed by atoms with Crippen molar-refractivity contribution in [2.75, 3.05) is 11.1 Å². The molecular weight excluding hydrogens is 456 g/mol. The molecule has 0 saturated heterocycles. The molecule has 8 nitrogen and oxygen atoms in total. The number of hydrogen-bond donors (Lipinski definition) is 2. The number of fused-ring (bicyclic) bond motifs is 1. The molecule has 33 heavy (non-hydrogen) atoms. The Kier molecular flexibility index (Phi) is 7.05. The molecule has 1 atom stereocenters. The van der Waals surface area contributed by atoms with Crippen LogP contribution < -0.4 is 10.6 Å². The third kappa shape index (κ3) is 5.40. The second-order valence-corrected chi connectivity index (χ2v) is 9.45. The molecule has 0 spiro atoms. The van der Waals surface area contributed by atoms with E-state index in [1.54, 1.807) is 6.07 Å². The van der Waals surface area contributed by atoms with Crippen molar-refractivity contribution >= 4 is 50.3 Å². The van der Waals surface area contributed by atoms with Crippen LogP contribution in [-0.2, 0) is 11.3 Å². The standard InChI is InChI=1S/C23H24N6O2S2/c1-4-29-20(15(3)24-21(31)16-9-7-8-14(2)12-16)27-28-23(29)32-13-19(30)26-22-25-17-10-5-6-11-18(17)33-22/h5-12,15H,4,13H2,1-3H3,(H,24,31)(H,25,26,30)/t15-/m1/s1. The maximum Gasteiger partial charge on any atom is 0.251 e. The molecule has 0 unspecified atom stereocenters. The number of thiazole rings is 1. The molecule has 0 bridgehead atoms. The highest BCUT2D eigenvalue weighted by atomic mass is 32.2. The van der Waals surface area contributed by atoms with E-state index in [1.165, 1.54) is 23.1 Å². The Morgan fingerprint density at radius 2 is 1.97 bits per heavy atom. The number of anilines is 1. The summed E-state index contributed by atoms with van der Waals surface area (Å²) in [6, 6.07) is 14.9. The van der Waals surface area contributed by atoms with E-state index in [9.17, 15) is 9.59 Å². The molecule has 2 aromatic carbocycles. The predicted molar refractivity (Wildman–Crippen MR) is 132 cm³/mol. The van der Waals surface area contributed by atoms with E-state index in [1.807, 2.05) is 67.8 Å². The Morgan fingerprint density at radius 3 is 2.73 bits per heavy atom. The zero-order chi connectivity index (χ0) is 23.4. The zero-order valence-electron chi connectivity index (χ0n) is 18.5. The number of carbonyl (C=O) groups is 2. The highest BCUT2D eigenvalue weighted by molar-refractivity contribution is 7.99. The van der Waals surface area contributed by atoms with Crippen molar-refractivity contribution in [1.82, 2.24) is 25.1 Å². The van der Waals surface area contributed by atoms with Crippen molar-refractivity contribution in [2.45, 2.75) is 38.5 Å². The number of nitrogens with zero attached hydrogens (tertiary/aromatic N) is 4. The summed E-state index contributed by atoms with van der Waals surface area (Å²) < 4.78 is 2.94. The number of para-hydroxylation sites is 1. The Labute approximate surface area is 199 Å². The van der Waals surface area contributed by atoms with Crippen LogP contribution >= 0.6 is 23.1 Å². The van der Waals surface area contributed by atoms with Crippen LogP contribution in [0.15, 0.2) is 53.7 Å². The lowest BCUT2D eigenvalue weighted by Gasteiger charge is -2.15. The van der Waals surface area contributed by atoms with Crippen LogP contribution in [0.2, 0.25) is 0 Å². The van der Waals surface area contributed by atoms with E-state index in [4.69, 9.17) is 0 Å². The van der Waals surface area contributed by atoms with Gasteiger partial charge in [-0.1, -0.05) is 52.9 Å². The first-order valence-corrected chi connectivity index (χ1v) is 12.3. The molecule has 4 rings (SSSR count). The maximum absolute atomic E-state index is 12.6. The van der Waals surface area contributed by atoms with Gasteiger partial charge in [0.05, 0.1) is 22.0 Å². The molecule has 0 aliphatic rings. The zero-order valence-corrected chi connectivity index (χ0v) is 20.2. The summed E-state index contributed by atoms with van der Waals surface area (Å²) >= 11 is 2.74. The largest absolute Gasteiger partial charge is 0.342 e. The molecule has 2 amide bonds. The summed E-state index contributed by atoms with van der Waals surface area (Å²) in [6.07, 6.45) is 0. The molecule has 0 fully saturated rings. The summed E-state index contributed by atoms with van der Waals surface area (Å²) in [6.45, 7) is 6.42. The quantitative estimate of drug-likeness (QED) is 0.362. The molecular formula is C23H24N6O2S2. The molecule has 2 N–H and O–H groups in total. The van der Waals surface area contributed by atoms with Crippen LogP contribution in [0.4, 0.5) is 5.13 Å². The summed E-state index contributed by atoms with van der Waals surface area (Å²) in [5.41, 5.74) is 2.49. The SMILES string of the molecule is CCn1c(SCC(=O)Nc2nc3ccccc3s2)nnc1[C@@H](C)NC(=O)c1cccc(C)c1. The van der Waals surface area contributed by atoms with Crippen LogP contribution in [0, 0.1) is 6.92 Å². The molecule has 0 aliphatic carbocycles. The van der Waals surface area contributed by atoms with E-state index in [0.717, 1.165) is 15.8 Å². The predicted octanol–water partition coefficient (Wildman–Crippen LogP) is 4.44. The summed E-state index contributed by atoms with van der Waals surface area (Å²) in [4.78, 5) is 29.5. The van der Waals surface area contributed by atoms with Gasteiger partial charge < -0.3 is 15.2 Å². The Bertz CT molecular complexity index is 1270. The van der Waals surface area contributed by atoms with Gasteiger partial charge in [0.1, 0.15) is 0 Å². The minimum absolute atomic E-state index is 0.160. The van der Waals surface area contributed by atoms with Gasteiger partial charge in [-0.25, -0.2) is 4.98 Å². The Morgan fingerprint density at radius 1 is 1.15 bits per heavy atom. The number of thioether (sulfide) groups is 1. The molecule has 2 aromatic heterocycles. The van der Waals surface area contributed by atoms with Crippen molar-refractivity contribution in [3.8, 4) is 0 Å². The van der Waals surface area contributed by atoms with Crippen LogP contribution in [0.3, 0.4) is 0 Å². The van der Waals surface area contributed by atoms with Crippen molar-refractivity contribution in [2.24, 2.45) is 0 Å². The normalized spacial score (nSPS) is 12.0. The lowest BCUT2D eigenvalue weighted by Crippen LogP contribution is -2.28. The molecule has 170 valence electrons.